The zero-order valence-electron chi connectivity index (χ0n) is 11.0. The van der Waals surface area contributed by atoms with Crippen LogP contribution in [0.25, 0.3) is 0 Å². The summed E-state index contributed by atoms with van der Waals surface area (Å²) in [5.74, 6) is 0. The number of aliphatic hydroxyl groups excluding tert-OH is 5. The van der Waals surface area contributed by atoms with Gasteiger partial charge in [0.2, 0.25) is 0 Å². The van der Waals surface area contributed by atoms with Crippen molar-refractivity contribution in [2.75, 3.05) is 0 Å². The van der Waals surface area contributed by atoms with Crippen LogP contribution in [0.3, 0.4) is 0 Å². The third-order valence-electron chi connectivity index (χ3n) is 3.44. The molecule has 1 heterocycles. The number of rotatable bonds is 3. The molecule has 6 atom stereocenters. The summed E-state index contributed by atoms with van der Waals surface area (Å²) >= 11 is 1.46. The van der Waals surface area contributed by atoms with E-state index in [9.17, 15) is 30.3 Å². The van der Waals surface area contributed by atoms with Crippen LogP contribution >= 0.6 is 11.3 Å². The van der Waals surface area contributed by atoms with E-state index in [1.807, 2.05) is 17.5 Å². The molecule has 2 amide bonds. The van der Waals surface area contributed by atoms with Crippen LogP contribution in [0.1, 0.15) is 4.88 Å². The molecule has 0 saturated heterocycles. The van der Waals surface area contributed by atoms with E-state index in [1.165, 1.54) is 11.3 Å². The number of hydrogen-bond acceptors (Lipinski definition) is 7. The van der Waals surface area contributed by atoms with Crippen molar-refractivity contribution < 1.29 is 30.3 Å². The molecule has 1 fully saturated rings. The lowest BCUT2D eigenvalue weighted by Gasteiger charge is -2.41. The number of aliphatic hydroxyl groups is 5. The van der Waals surface area contributed by atoms with Crippen LogP contribution in [0.4, 0.5) is 4.79 Å². The number of thiophene rings is 1. The summed E-state index contributed by atoms with van der Waals surface area (Å²) in [5, 5.41) is 54.8. The number of amides is 2. The van der Waals surface area contributed by atoms with Crippen LogP contribution in [0.2, 0.25) is 0 Å². The topological polar surface area (TPSA) is 142 Å². The Morgan fingerprint density at radius 3 is 2.14 bits per heavy atom. The van der Waals surface area contributed by atoms with Crippen LogP contribution in [-0.4, -0.2) is 68.1 Å². The minimum atomic E-state index is -1.68. The van der Waals surface area contributed by atoms with Gasteiger partial charge in [0.1, 0.15) is 30.5 Å². The molecule has 2 rings (SSSR count). The van der Waals surface area contributed by atoms with Gasteiger partial charge in [-0.2, -0.15) is 0 Å². The van der Waals surface area contributed by atoms with E-state index >= 15 is 0 Å². The van der Waals surface area contributed by atoms with E-state index < -0.39 is 42.6 Å². The van der Waals surface area contributed by atoms with Gasteiger partial charge < -0.3 is 36.2 Å². The lowest BCUT2D eigenvalue weighted by Crippen LogP contribution is -2.68. The van der Waals surface area contributed by atoms with Gasteiger partial charge in [0, 0.05) is 4.88 Å². The van der Waals surface area contributed by atoms with E-state index in [-0.39, 0.29) is 6.54 Å². The molecule has 2 unspecified atom stereocenters. The Hall–Kier alpha value is -1.23. The largest absolute Gasteiger partial charge is 0.388 e. The number of urea groups is 1. The maximum atomic E-state index is 11.7. The lowest BCUT2D eigenvalue weighted by molar-refractivity contribution is -0.188. The molecule has 0 aromatic carbocycles. The van der Waals surface area contributed by atoms with Crippen LogP contribution in [0, 0.1) is 0 Å². The Morgan fingerprint density at radius 1 is 1.05 bits per heavy atom. The summed E-state index contributed by atoms with van der Waals surface area (Å²) in [6, 6.07) is 1.71. The molecule has 0 aliphatic heterocycles. The van der Waals surface area contributed by atoms with Crippen molar-refractivity contribution in [1.29, 1.82) is 0 Å². The van der Waals surface area contributed by atoms with Crippen molar-refractivity contribution >= 4 is 17.4 Å². The van der Waals surface area contributed by atoms with Crippen molar-refractivity contribution in [3.8, 4) is 0 Å². The van der Waals surface area contributed by atoms with E-state index in [4.69, 9.17) is 0 Å². The molecule has 0 spiro atoms. The predicted molar refractivity (Wildman–Crippen MR) is 73.5 cm³/mol. The first-order valence-electron chi connectivity index (χ1n) is 6.39. The lowest BCUT2D eigenvalue weighted by atomic mass is 9.83. The molecule has 1 aromatic heterocycles. The standard InChI is InChI=1S/C12H18N2O6S/c15-7-6(8(16)10(18)11(19)9(7)17)14-12(20)13-4-5-2-1-3-21-5/h1-3,6-11,15-19H,4H2,(H2,13,14,20)/t6?,7-,8+,9+,10-,11?. The zero-order chi connectivity index (χ0) is 15.6. The zero-order valence-corrected chi connectivity index (χ0v) is 11.8. The second-order valence-electron chi connectivity index (χ2n) is 4.89. The molecule has 118 valence electrons. The normalized spacial score (nSPS) is 36.2. The SMILES string of the molecule is O=C(NCc1cccs1)NC1[C@@H](O)[C@H](O)C(O)[C@H](O)[C@H]1O. The highest BCUT2D eigenvalue weighted by atomic mass is 32.1. The Kier molecular flexibility index (Phi) is 5.14. The smallest absolute Gasteiger partial charge is 0.315 e. The van der Waals surface area contributed by atoms with Gasteiger partial charge in [0.25, 0.3) is 0 Å². The Balaban J connectivity index is 1.92. The highest BCUT2D eigenvalue weighted by Gasteiger charge is 2.48. The van der Waals surface area contributed by atoms with E-state index in [0.717, 1.165) is 4.88 Å². The van der Waals surface area contributed by atoms with Crippen molar-refractivity contribution in [2.24, 2.45) is 0 Å². The van der Waals surface area contributed by atoms with E-state index in [1.54, 1.807) is 0 Å². The number of carbonyl (C=O) groups is 1. The molecule has 7 N–H and O–H groups in total. The third-order valence-corrected chi connectivity index (χ3v) is 4.31. The van der Waals surface area contributed by atoms with Gasteiger partial charge in [0.05, 0.1) is 12.6 Å². The minimum Gasteiger partial charge on any atom is -0.388 e. The highest BCUT2D eigenvalue weighted by molar-refractivity contribution is 7.09. The first kappa shape index (κ1) is 16.1. The van der Waals surface area contributed by atoms with Crippen molar-refractivity contribution in [3.05, 3.63) is 22.4 Å². The molecule has 0 bridgehead atoms. The van der Waals surface area contributed by atoms with Crippen molar-refractivity contribution in [1.82, 2.24) is 10.6 Å². The number of hydrogen-bond donors (Lipinski definition) is 7. The maximum Gasteiger partial charge on any atom is 0.315 e. The predicted octanol–water partition coefficient (Wildman–Crippen LogP) is -2.27. The van der Waals surface area contributed by atoms with Gasteiger partial charge >= 0.3 is 6.03 Å². The van der Waals surface area contributed by atoms with Gasteiger partial charge in [-0.15, -0.1) is 11.3 Å². The molecular formula is C12H18N2O6S. The Bertz CT molecular complexity index is 454. The van der Waals surface area contributed by atoms with Gasteiger partial charge in [-0.1, -0.05) is 6.07 Å². The average Bonchev–Trinajstić information content (AvgIpc) is 2.99. The van der Waals surface area contributed by atoms with Gasteiger partial charge in [-0.25, -0.2) is 4.79 Å². The Morgan fingerprint density at radius 2 is 1.62 bits per heavy atom. The molecule has 21 heavy (non-hydrogen) atoms. The molecule has 8 nitrogen and oxygen atoms in total. The van der Waals surface area contributed by atoms with Crippen LogP contribution in [0.5, 0.6) is 0 Å². The second-order valence-corrected chi connectivity index (χ2v) is 5.92. The third kappa shape index (κ3) is 3.51. The van der Waals surface area contributed by atoms with Crippen LogP contribution in [0.15, 0.2) is 17.5 Å². The van der Waals surface area contributed by atoms with Gasteiger partial charge in [-0.3, -0.25) is 0 Å². The highest BCUT2D eigenvalue weighted by Crippen LogP contribution is 2.21. The fourth-order valence-electron chi connectivity index (χ4n) is 2.19. The van der Waals surface area contributed by atoms with Gasteiger partial charge in [-0.05, 0) is 11.4 Å². The molecular weight excluding hydrogens is 300 g/mol. The number of carbonyl (C=O) groups excluding carboxylic acids is 1. The summed E-state index contributed by atoms with van der Waals surface area (Å²) in [6.07, 6.45) is -8.18. The van der Waals surface area contributed by atoms with Gasteiger partial charge in [0.15, 0.2) is 0 Å². The quantitative estimate of drug-likeness (QED) is 0.335. The Labute approximate surface area is 124 Å². The van der Waals surface area contributed by atoms with Crippen LogP contribution < -0.4 is 10.6 Å². The molecule has 9 heteroatoms. The van der Waals surface area contributed by atoms with Crippen LogP contribution in [-0.2, 0) is 6.54 Å². The summed E-state index contributed by atoms with van der Waals surface area (Å²) in [5.41, 5.74) is 0. The molecule has 1 aliphatic carbocycles. The molecule has 0 radical (unpaired) electrons. The van der Waals surface area contributed by atoms with E-state index in [2.05, 4.69) is 10.6 Å². The molecule has 1 aliphatic rings. The average molecular weight is 318 g/mol. The number of nitrogens with one attached hydrogen (secondary N) is 2. The fraction of sp³-hybridized carbons (Fsp3) is 0.583. The maximum absolute atomic E-state index is 11.7. The second kappa shape index (κ2) is 6.69. The monoisotopic (exact) mass is 318 g/mol. The van der Waals surface area contributed by atoms with Crippen molar-refractivity contribution in [3.63, 3.8) is 0 Å². The summed E-state index contributed by atoms with van der Waals surface area (Å²) in [7, 11) is 0. The fourth-order valence-corrected chi connectivity index (χ4v) is 2.83. The summed E-state index contributed by atoms with van der Waals surface area (Å²) < 4.78 is 0. The summed E-state index contributed by atoms with van der Waals surface area (Å²) in [6.45, 7) is 0.274. The first-order valence-corrected chi connectivity index (χ1v) is 7.27. The molecule has 1 saturated carbocycles. The van der Waals surface area contributed by atoms with Crippen molar-refractivity contribution in [2.45, 2.75) is 43.1 Å². The first-order chi connectivity index (χ1) is 9.91. The summed E-state index contributed by atoms with van der Waals surface area (Å²) in [4.78, 5) is 12.6. The minimum absolute atomic E-state index is 0.274. The van der Waals surface area contributed by atoms with E-state index in [0.29, 0.717) is 0 Å². The molecule has 1 aromatic rings.